The van der Waals surface area contributed by atoms with Gasteiger partial charge >= 0.3 is 0 Å². The average Bonchev–Trinajstić information content (AvgIpc) is 3.47. The van der Waals surface area contributed by atoms with Gasteiger partial charge in [-0.2, -0.15) is 0 Å². The van der Waals surface area contributed by atoms with Crippen molar-refractivity contribution in [3.05, 3.63) is 42.0 Å². The third-order valence-electron chi connectivity index (χ3n) is 5.13. The Labute approximate surface area is 162 Å². The lowest BCUT2D eigenvalue weighted by atomic mass is 10.1. The van der Waals surface area contributed by atoms with Gasteiger partial charge in [0.15, 0.2) is 0 Å². The van der Waals surface area contributed by atoms with Crippen molar-refractivity contribution in [1.29, 1.82) is 0 Å². The first-order valence-electron chi connectivity index (χ1n) is 10.1. The van der Waals surface area contributed by atoms with E-state index in [1.165, 1.54) is 0 Å². The third kappa shape index (κ3) is 5.67. The SMILES string of the molecule is CC(C)CN1CCNC(=O)C1CC(=O)N(C/C=C/c1ccccc1)C1CC1. The Bertz CT molecular complexity index is 667. The molecule has 0 radical (unpaired) electrons. The van der Waals surface area contributed by atoms with E-state index >= 15 is 0 Å². The zero-order valence-corrected chi connectivity index (χ0v) is 16.4. The molecule has 1 N–H and O–H groups in total. The Kier molecular flexibility index (Phi) is 6.67. The summed E-state index contributed by atoms with van der Waals surface area (Å²) in [5, 5.41) is 2.92. The van der Waals surface area contributed by atoms with Crippen LogP contribution in [0, 0.1) is 5.92 Å². The van der Waals surface area contributed by atoms with Crippen molar-refractivity contribution in [2.24, 2.45) is 5.92 Å². The predicted octanol–water partition coefficient (Wildman–Crippen LogP) is 2.54. The molecule has 3 rings (SSSR count). The summed E-state index contributed by atoms with van der Waals surface area (Å²) in [6, 6.07) is 10.1. The van der Waals surface area contributed by atoms with E-state index in [-0.39, 0.29) is 24.3 Å². The molecule has 2 fully saturated rings. The lowest BCUT2D eigenvalue weighted by Gasteiger charge is -2.36. The second-order valence-corrected chi connectivity index (χ2v) is 7.99. The Morgan fingerprint density at radius 1 is 1.30 bits per heavy atom. The highest BCUT2D eigenvalue weighted by atomic mass is 16.2. The molecular formula is C22H31N3O2. The van der Waals surface area contributed by atoms with E-state index in [2.05, 4.69) is 48.3 Å². The Balaban J connectivity index is 1.62. The van der Waals surface area contributed by atoms with Crippen molar-refractivity contribution >= 4 is 17.9 Å². The molecule has 1 saturated carbocycles. The summed E-state index contributed by atoms with van der Waals surface area (Å²) in [5.74, 6) is 0.554. The highest BCUT2D eigenvalue weighted by molar-refractivity contribution is 5.89. The van der Waals surface area contributed by atoms with Gasteiger partial charge in [-0.15, -0.1) is 0 Å². The summed E-state index contributed by atoms with van der Waals surface area (Å²) in [6.45, 7) is 7.24. The lowest BCUT2D eigenvalue weighted by Crippen LogP contribution is -2.57. The van der Waals surface area contributed by atoms with Gasteiger partial charge < -0.3 is 10.2 Å². The quantitative estimate of drug-likeness (QED) is 0.766. The van der Waals surface area contributed by atoms with Gasteiger partial charge in [0, 0.05) is 32.2 Å². The van der Waals surface area contributed by atoms with Gasteiger partial charge in [-0.05, 0) is 24.3 Å². The first-order chi connectivity index (χ1) is 13.0. The maximum absolute atomic E-state index is 13.0. The van der Waals surface area contributed by atoms with Crippen molar-refractivity contribution < 1.29 is 9.59 Å². The standard InChI is InChI=1S/C22H31N3O2/c1-17(2)16-24-14-12-23-22(27)20(24)15-21(26)25(19-10-11-19)13-6-9-18-7-4-3-5-8-18/h3-9,17,19-20H,10-16H2,1-2H3,(H,23,27)/b9-6+. The molecular weight excluding hydrogens is 338 g/mol. The monoisotopic (exact) mass is 369 g/mol. The van der Waals surface area contributed by atoms with Gasteiger partial charge in [-0.1, -0.05) is 56.3 Å². The van der Waals surface area contributed by atoms with Crippen LogP contribution in [0.2, 0.25) is 0 Å². The van der Waals surface area contributed by atoms with Crippen LogP contribution in [-0.2, 0) is 9.59 Å². The predicted molar refractivity (Wildman–Crippen MR) is 108 cm³/mol. The molecule has 0 aromatic heterocycles. The van der Waals surface area contributed by atoms with Crippen LogP contribution in [0.3, 0.4) is 0 Å². The maximum atomic E-state index is 13.0. The first-order valence-corrected chi connectivity index (χ1v) is 10.1. The average molecular weight is 370 g/mol. The van der Waals surface area contributed by atoms with Crippen LogP contribution in [0.15, 0.2) is 36.4 Å². The zero-order chi connectivity index (χ0) is 19.2. The van der Waals surface area contributed by atoms with Gasteiger partial charge in [0.25, 0.3) is 0 Å². The molecule has 27 heavy (non-hydrogen) atoms. The Hall–Kier alpha value is -2.14. The van der Waals surface area contributed by atoms with E-state index in [1.807, 2.05) is 23.1 Å². The van der Waals surface area contributed by atoms with Crippen LogP contribution in [0.25, 0.3) is 6.08 Å². The highest BCUT2D eigenvalue weighted by Gasteiger charge is 2.37. The second kappa shape index (κ2) is 9.18. The van der Waals surface area contributed by atoms with E-state index in [4.69, 9.17) is 0 Å². The minimum Gasteiger partial charge on any atom is -0.353 e. The molecule has 1 atom stereocenters. The summed E-state index contributed by atoms with van der Waals surface area (Å²) in [5.41, 5.74) is 1.13. The number of rotatable bonds is 8. The molecule has 1 aromatic carbocycles. The molecule has 1 aliphatic heterocycles. The van der Waals surface area contributed by atoms with Gasteiger partial charge in [0.2, 0.25) is 11.8 Å². The van der Waals surface area contributed by atoms with Crippen LogP contribution in [-0.4, -0.2) is 59.9 Å². The van der Waals surface area contributed by atoms with Crippen molar-refractivity contribution in [2.75, 3.05) is 26.2 Å². The van der Waals surface area contributed by atoms with Crippen molar-refractivity contribution in [1.82, 2.24) is 15.1 Å². The van der Waals surface area contributed by atoms with Crippen LogP contribution in [0.5, 0.6) is 0 Å². The van der Waals surface area contributed by atoms with Gasteiger partial charge in [-0.25, -0.2) is 0 Å². The molecule has 1 unspecified atom stereocenters. The number of benzene rings is 1. The summed E-state index contributed by atoms with van der Waals surface area (Å²) in [6.07, 6.45) is 6.52. The number of nitrogens with zero attached hydrogens (tertiary/aromatic N) is 2. The summed E-state index contributed by atoms with van der Waals surface area (Å²) < 4.78 is 0. The minimum atomic E-state index is -0.340. The smallest absolute Gasteiger partial charge is 0.237 e. The first kappa shape index (κ1) is 19.6. The molecule has 0 spiro atoms. The maximum Gasteiger partial charge on any atom is 0.237 e. The summed E-state index contributed by atoms with van der Waals surface area (Å²) >= 11 is 0. The zero-order valence-electron chi connectivity index (χ0n) is 16.4. The molecule has 1 heterocycles. The van der Waals surface area contributed by atoms with E-state index in [9.17, 15) is 9.59 Å². The number of amides is 2. The van der Waals surface area contributed by atoms with Gasteiger partial charge in [-0.3, -0.25) is 14.5 Å². The molecule has 1 aliphatic carbocycles. The minimum absolute atomic E-state index is 0.00850. The van der Waals surface area contributed by atoms with E-state index in [1.54, 1.807) is 0 Å². The number of carbonyl (C=O) groups excluding carboxylic acids is 2. The van der Waals surface area contributed by atoms with Crippen LogP contribution in [0.4, 0.5) is 0 Å². The number of piperazine rings is 1. The Morgan fingerprint density at radius 2 is 2.04 bits per heavy atom. The third-order valence-corrected chi connectivity index (χ3v) is 5.13. The lowest BCUT2D eigenvalue weighted by molar-refractivity contribution is -0.139. The summed E-state index contributed by atoms with van der Waals surface area (Å²) in [4.78, 5) is 29.5. The fourth-order valence-electron chi connectivity index (χ4n) is 3.66. The van der Waals surface area contributed by atoms with Gasteiger partial charge in [0.1, 0.15) is 0 Å². The van der Waals surface area contributed by atoms with E-state index in [0.717, 1.165) is 31.5 Å². The molecule has 2 aliphatic rings. The molecule has 5 nitrogen and oxygen atoms in total. The van der Waals surface area contributed by atoms with E-state index in [0.29, 0.717) is 25.0 Å². The number of nitrogens with one attached hydrogen (secondary N) is 1. The largest absolute Gasteiger partial charge is 0.353 e. The topological polar surface area (TPSA) is 52.7 Å². The van der Waals surface area contributed by atoms with E-state index < -0.39 is 0 Å². The number of hydrogen-bond donors (Lipinski definition) is 1. The molecule has 146 valence electrons. The summed E-state index contributed by atoms with van der Waals surface area (Å²) in [7, 11) is 0. The molecule has 1 saturated heterocycles. The fourth-order valence-corrected chi connectivity index (χ4v) is 3.66. The molecule has 5 heteroatoms. The fraction of sp³-hybridized carbons (Fsp3) is 0.545. The van der Waals surface area contributed by atoms with Crippen LogP contribution >= 0.6 is 0 Å². The van der Waals surface area contributed by atoms with Gasteiger partial charge in [0.05, 0.1) is 12.5 Å². The molecule has 1 aromatic rings. The molecule has 0 bridgehead atoms. The van der Waals surface area contributed by atoms with Crippen LogP contribution < -0.4 is 5.32 Å². The number of hydrogen-bond acceptors (Lipinski definition) is 3. The Morgan fingerprint density at radius 3 is 2.70 bits per heavy atom. The van der Waals surface area contributed by atoms with Crippen molar-refractivity contribution in [3.63, 3.8) is 0 Å². The van der Waals surface area contributed by atoms with Crippen molar-refractivity contribution in [3.8, 4) is 0 Å². The van der Waals surface area contributed by atoms with Crippen molar-refractivity contribution in [2.45, 2.75) is 45.2 Å². The highest BCUT2D eigenvalue weighted by Crippen LogP contribution is 2.28. The normalized spacial score (nSPS) is 20.9. The van der Waals surface area contributed by atoms with Crippen LogP contribution in [0.1, 0.15) is 38.7 Å². The number of carbonyl (C=O) groups is 2. The molecule has 2 amide bonds. The second-order valence-electron chi connectivity index (χ2n) is 7.99.